The second kappa shape index (κ2) is 7.72. The summed E-state index contributed by atoms with van der Waals surface area (Å²) < 4.78 is 5.33. The number of anilines is 1. The van der Waals surface area contributed by atoms with E-state index in [0.717, 1.165) is 30.6 Å². The van der Waals surface area contributed by atoms with Gasteiger partial charge in [0.25, 0.3) is 0 Å². The summed E-state index contributed by atoms with van der Waals surface area (Å²) in [6.45, 7) is 4.23. The molecule has 1 aromatic carbocycles. The molecule has 0 aromatic heterocycles. The van der Waals surface area contributed by atoms with Gasteiger partial charge in [0.15, 0.2) is 0 Å². The molecule has 0 bridgehead atoms. The molecule has 1 heterocycles. The Morgan fingerprint density at radius 2 is 2.09 bits per heavy atom. The highest BCUT2D eigenvalue weighted by atomic mass is 16.5. The lowest BCUT2D eigenvalue weighted by Crippen LogP contribution is -2.44. The topological polar surface area (TPSA) is 67.6 Å². The van der Waals surface area contributed by atoms with Crippen LogP contribution in [0.15, 0.2) is 18.2 Å². The van der Waals surface area contributed by atoms with Crippen molar-refractivity contribution >= 4 is 11.6 Å². The highest BCUT2D eigenvalue weighted by molar-refractivity contribution is 5.95. The average molecular weight is 305 g/mol. The van der Waals surface area contributed by atoms with E-state index in [-0.39, 0.29) is 11.8 Å². The lowest BCUT2D eigenvalue weighted by Gasteiger charge is -2.27. The van der Waals surface area contributed by atoms with Crippen molar-refractivity contribution in [2.45, 2.75) is 32.4 Å². The number of nitrogens with two attached hydrogens (primary N) is 1. The number of hydrogen-bond donors (Lipinski definition) is 2. The summed E-state index contributed by atoms with van der Waals surface area (Å²) in [5.41, 5.74) is 9.21. The van der Waals surface area contributed by atoms with Gasteiger partial charge in [-0.25, -0.2) is 0 Å². The van der Waals surface area contributed by atoms with Crippen LogP contribution in [0.5, 0.6) is 0 Å². The number of nitrogens with one attached hydrogen (secondary N) is 1. The van der Waals surface area contributed by atoms with Crippen molar-refractivity contribution in [3.8, 4) is 0 Å². The number of benzene rings is 1. The van der Waals surface area contributed by atoms with E-state index in [1.54, 1.807) is 0 Å². The van der Waals surface area contributed by atoms with Crippen LogP contribution in [0.25, 0.3) is 0 Å². The molecular formula is C17H27N3O2. The van der Waals surface area contributed by atoms with Crippen LogP contribution in [-0.2, 0) is 16.1 Å². The van der Waals surface area contributed by atoms with Crippen LogP contribution in [0.2, 0.25) is 0 Å². The van der Waals surface area contributed by atoms with E-state index in [1.165, 1.54) is 5.56 Å². The fourth-order valence-electron chi connectivity index (χ4n) is 2.77. The van der Waals surface area contributed by atoms with Crippen LogP contribution in [0.1, 0.15) is 24.0 Å². The molecule has 0 aliphatic carbocycles. The molecule has 1 unspecified atom stereocenters. The van der Waals surface area contributed by atoms with Crippen molar-refractivity contribution in [3.63, 3.8) is 0 Å². The molecule has 22 heavy (non-hydrogen) atoms. The van der Waals surface area contributed by atoms with Crippen LogP contribution >= 0.6 is 0 Å². The molecule has 3 N–H and O–H groups in total. The maximum Gasteiger partial charge on any atom is 0.241 e. The molecule has 1 aromatic rings. The largest absolute Gasteiger partial charge is 0.381 e. The van der Waals surface area contributed by atoms with Crippen LogP contribution in [0, 0.1) is 12.8 Å². The van der Waals surface area contributed by atoms with Crippen molar-refractivity contribution in [2.75, 3.05) is 32.6 Å². The minimum absolute atomic E-state index is 0.1000. The van der Waals surface area contributed by atoms with Gasteiger partial charge < -0.3 is 20.7 Å². The van der Waals surface area contributed by atoms with E-state index in [0.29, 0.717) is 13.2 Å². The Labute approximate surface area is 132 Å². The van der Waals surface area contributed by atoms with Gasteiger partial charge in [0.1, 0.15) is 0 Å². The monoisotopic (exact) mass is 305 g/mol. The Morgan fingerprint density at radius 1 is 1.41 bits per heavy atom. The number of aryl methyl sites for hydroxylation is 1. The van der Waals surface area contributed by atoms with Crippen molar-refractivity contribution in [1.29, 1.82) is 0 Å². The van der Waals surface area contributed by atoms with Gasteiger partial charge in [-0.3, -0.25) is 4.79 Å². The number of carbonyl (C=O) groups is 1. The van der Waals surface area contributed by atoms with E-state index >= 15 is 0 Å². The van der Waals surface area contributed by atoms with Gasteiger partial charge in [0.05, 0.1) is 6.04 Å². The van der Waals surface area contributed by atoms with Crippen LogP contribution in [0.4, 0.5) is 5.69 Å². The molecule has 1 saturated heterocycles. The minimum Gasteiger partial charge on any atom is -0.381 e. The van der Waals surface area contributed by atoms with Crippen molar-refractivity contribution in [2.24, 2.45) is 11.7 Å². The van der Waals surface area contributed by atoms with Crippen LogP contribution in [0.3, 0.4) is 0 Å². The molecule has 0 saturated carbocycles. The number of hydrogen-bond acceptors (Lipinski definition) is 4. The van der Waals surface area contributed by atoms with Gasteiger partial charge in [0, 0.05) is 25.4 Å². The summed E-state index contributed by atoms with van der Waals surface area (Å²) in [5.74, 6) is 0.107. The summed E-state index contributed by atoms with van der Waals surface area (Å²) in [6.07, 6.45) is 1.71. The molecule has 1 aliphatic heterocycles. The fraction of sp³-hybridized carbons (Fsp3) is 0.588. The van der Waals surface area contributed by atoms with Gasteiger partial charge >= 0.3 is 0 Å². The fourth-order valence-corrected chi connectivity index (χ4v) is 2.77. The summed E-state index contributed by atoms with van der Waals surface area (Å²) in [6, 6.07) is 5.68. The van der Waals surface area contributed by atoms with Gasteiger partial charge in [-0.2, -0.15) is 0 Å². The minimum atomic E-state index is -0.471. The van der Waals surface area contributed by atoms with E-state index < -0.39 is 6.04 Å². The number of ether oxygens (including phenoxy) is 1. The highest BCUT2D eigenvalue weighted by Crippen LogP contribution is 2.21. The second-order valence-electron chi connectivity index (χ2n) is 6.35. The van der Waals surface area contributed by atoms with E-state index in [2.05, 4.69) is 16.3 Å². The van der Waals surface area contributed by atoms with Crippen LogP contribution in [-0.4, -0.2) is 44.2 Å². The zero-order valence-corrected chi connectivity index (χ0v) is 13.8. The molecule has 1 aliphatic rings. The van der Waals surface area contributed by atoms with Gasteiger partial charge in [-0.15, -0.1) is 0 Å². The standard InChI is InChI=1S/C17H27N3O2/c1-12-4-5-13(11-20(2)3)10-15(12)19-17(21)16(18)14-6-8-22-9-7-14/h4-5,10,14,16H,6-9,11,18H2,1-3H3,(H,19,21). The number of amides is 1. The lowest BCUT2D eigenvalue weighted by atomic mass is 9.91. The van der Waals surface area contributed by atoms with Gasteiger partial charge in [-0.05, 0) is 57.0 Å². The Kier molecular flexibility index (Phi) is 5.94. The van der Waals surface area contributed by atoms with E-state index in [4.69, 9.17) is 10.5 Å². The van der Waals surface area contributed by atoms with E-state index in [1.807, 2.05) is 33.2 Å². The first-order chi connectivity index (χ1) is 10.5. The Hall–Kier alpha value is -1.43. The maximum atomic E-state index is 12.4. The number of carbonyl (C=O) groups excluding carboxylic acids is 1. The van der Waals surface area contributed by atoms with Crippen molar-refractivity contribution in [1.82, 2.24) is 4.90 Å². The molecular weight excluding hydrogens is 278 g/mol. The quantitative estimate of drug-likeness (QED) is 0.869. The molecule has 0 spiro atoms. The predicted octanol–water partition coefficient (Wildman–Crippen LogP) is 1.75. The normalized spacial score (nSPS) is 17.5. The number of nitrogens with zero attached hydrogens (tertiary/aromatic N) is 1. The summed E-state index contributed by atoms with van der Waals surface area (Å²) in [4.78, 5) is 14.5. The van der Waals surface area contributed by atoms with Crippen molar-refractivity contribution < 1.29 is 9.53 Å². The summed E-state index contributed by atoms with van der Waals surface area (Å²) in [7, 11) is 4.05. The second-order valence-corrected chi connectivity index (χ2v) is 6.35. The third kappa shape index (κ3) is 4.53. The zero-order chi connectivity index (χ0) is 16.1. The first kappa shape index (κ1) is 16.9. The van der Waals surface area contributed by atoms with Gasteiger partial charge in [0.2, 0.25) is 5.91 Å². The molecule has 2 rings (SSSR count). The lowest BCUT2D eigenvalue weighted by molar-refractivity contribution is -0.119. The molecule has 5 heteroatoms. The van der Waals surface area contributed by atoms with Gasteiger partial charge in [-0.1, -0.05) is 12.1 Å². The smallest absolute Gasteiger partial charge is 0.241 e. The third-order valence-electron chi connectivity index (χ3n) is 4.14. The number of rotatable bonds is 5. The predicted molar refractivity (Wildman–Crippen MR) is 88.7 cm³/mol. The Bertz CT molecular complexity index is 511. The molecule has 1 amide bonds. The molecule has 122 valence electrons. The SMILES string of the molecule is Cc1ccc(CN(C)C)cc1NC(=O)C(N)C1CCOCC1. The van der Waals surface area contributed by atoms with Crippen LogP contribution < -0.4 is 11.1 Å². The molecule has 0 radical (unpaired) electrons. The Morgan fingerprint density at radius 3 is 2.73 bits per heavy atom. The molecule has 1 atom stereocenters. The molecule has 1 fully saturated rings. The third-order valence-corrected chi connectivity index (χ3v) is 4.14. The highest BCUT2D eigenvalue weighted by Gasteiger charge is 2.26. The average Bonchev–Trinajstić information content (AvgIpc) is 2.50. The first-order valence-electron chi connectivity index (χ1n) is 7.86. The maximum absolute atomic E-state index is 12.4. The summed E-state index contributed by atoms with van der Waals surface area (Å²) >= 11 is 0. The Balaban J connectivity index is 2.03. The van der Waals surface area contributed by atoms with E-state index in [9.17, 15) is 4.79 Å². The first-order valence-corrected chi connectivity index (χ1v) is 7.86. The molecule has 5 nitrogen and oxygen atoms in total. The van der Waals surface area contributed by atoms with Crippen molar-refractivity contribution in [3.05, 3.63) is 29.3 Å². The zero-order valence-electron chi connectivity index (χ0n) is 13.8. The summed E-state index contributed by atoms with van der Waals surface area (Å²) in [5, 5.41) is 3.00.